The van der Waals surface area contributed by atoms with E-state index in [2.05, 4.69) is 12.2 Å². The van der Waals surface area contributed by atoms with Crippen LogP contribution in [0.5, 0.6) is 5.75 Å². The highest BCUT2D eigenvalue weighted by atomic mass is 19.1. The van der Waals surface area contributed by atoms with Gasteiger partial charge < -0.3 is 10.1 Å². The molecule has 0 radical (unpaired) electrons. The number of rotatable bonds is 3. The van der Waals surface area contributed by atoms with Gasteiger partial charge in [-0.25, -0.2) is 4.39 Å². The topological polar surface area (TPSA) is 21.3 Å². The summed E-state index contributed by atoms with van der Waals surface area (Å²) in [4.78, 5) is 0. The lowest BCUT2D eigenvalue weighted by Crippen LogP contribution is -2.35. The Morgan fingerprint density at radius 1 is 1.25 bits per heavy atom. The van der Waals surface area contributed by atoms with E-state index in [-0.39, 0.29) is 11.9 Å². The molecule has 1 aliphatic heterocycles. The van der Waals surface area contributed by atoms with E-state index in [1.54, 1.807) is 12.1 Å². The zero-order valence-corrected chi connectivity index (χ0v) is 9.58. The lowest BCUT2D eigenvalue weighted by molar-refractivity contribution is 0.128. The van der Waals surface area contributed by atoms with E-state index >= 15 is 0 Å². The van der Waals surface area contributed by atoms with E-state index in [0.29, 0.717) is 5.92 Å². The van der Waals surface area contributed by atoms with Crippen molar-refractivity contribution < 1.29 is 9.13 Å². The highest BCUT2D eigenvalue weighted by molar-refractivity contribution is 5.22. The molecule has 1 aromatic rings. The van der Waals surface area contributed by atoms with Crippen LogP contribution in [0.15, 0.2) is 24.3 Å². The number of piperidine rings is 1. The predicted molar refractivity (Wildman–Crippen MR) is 62.1 cm³/mol. The van der Waals surface area contributed by atoms with Gasteiger partial charge in [-0.3, -0.25) is 0 Å². The second kappa shape index (κ2) is 5.30. The molecule has 2 nitrogen and oxygen atoms in total. The Morgan fingerprint density at radius 2 is 1.88 bits per heavy atom. The number of hydrogen-bond donors (Lipinski definition) is 1. The number of nitrogens with one attached hydrogen (secondary N) is 1. The smallest absolute Gasteiger partial charge is 0.123 e. The van der Waals surface area contributed by atoms with Gasteiger partial charge in [0.15, 0.2) is 0 Å². The average Bonchev–Trinajstić information content (AvgIpc) is 2.33. The fraction of sp³-hybridized carbons (Fsp3) is 0.538. The minimum absolute atomic E-state index is 0.201. The fourth-order valence-electron chi connectivity index (χ4n) is 2.14. The van der Waals surface area contributed by atoms with Gasteiger partial charge in [0.25, 0.3) is 0 Å². The lowest BCUT2D eigenvalue weighted by atomic mass is 9.93. The van der Waals surface area contributed by atoms with Gasteiger partial charge in [-0.05, 0) is 63.0 Å². The van der Waals surface area contributed by atoms with Gasteiger partial charge in [-0.15, -0.1) is 0 Å². The monoisotopic (exact) mass is 223 g/mol. The SMILES string of the molecule is CC(Oc1ccc(F)cc1)C1CCNCC1. The molecule has 0 bridgehead atoms. The van der Waals surface area contributed by atoms with Gasteiger partial charge in [-0.1, -0.05) is 0 Å². The van der Waals surface area contributed by atoms with E-state index in [1.165, 1.54) is 12.1 Å². The number of benzene rings is 1. The molecule has 16 heavy (non-hydrogen) atoms. The Hall–Kier alpha value is -1.09. The second-order valence-electron chi connectivity index (χ2n) is 4.36. The standard InChI is InChI=1S/C13H18FNO/c1-10(11-6-8-15-9-7-11)16-13-4-2-12(14)3-5-13/h2-5,10-11,15H,6-9H2,1H3. The first-order valence-electron chi connectivity index (χ1n) is 5.88. The summed E-state index contributed by atoms with van der Waals surface area (Å²) in [6.45, 7) is 4.24. The zero-order chi connectivity index (χ0) is 11.4. The molecule has 1 saturated heterocycles. The molecule has 2 rings (SSSR count). The van der Waals surface area contributed by atoms with Gasteiger partial charge in [0.2, 0.25) is 0 Å². The Labute approximate surface area is 95.8 Å². The molecule has 1 fully saturated rings. The van der Waals surface area contributed by atoms with Crippen molar-refractivity contribution >= 4 is 0 Å². The summed E-state index contributed by atoms with van der Waals surface area (Å²) >= 11 is 0. The minimum Gasteiger partial charge on any atom is -0.490 e. The number of halogens is 1. The van der Waals surface area contributed by atoms with E-state index in [9.17, 15) is 4.39 Å². The number of hydrogen-bond acceptors (Lipinski definition) is 2. The summed E-state index contributed by atoms with van der Waals surface area (Å²) in [6, 6.07) is 6.24. The molecule has 1 unspecified atom stereocenters. The van der Waals surface area contributed by atoms with Crippen LogP contribution in [0.4, 0.5) is 4.39 Å². The van der Waals surface area contributed by atoms with Crippen molar-refractivity contribution in [3.05, 3.63) is 30.1 Å². The van der Waals surface area contributed by atoms with Crippen LogP contribution in [0, 0.1) is 11.7 Å². The molecular formula is C13H18FNO. The minimum atomic E-state index is -0.220. The Bertz CT molecular complexity index is 319. The fourth-order valence-corrected chi connectivity index (χ4v) is 2.14. The van der Waals surface area contributed by atoms with Gasteiger partial charge in [0, 0.05) is 0 Å². The highest BCUT2D eigenvalue weighted by Crippen LogP contribution is 2.21. The van der Waals surface area contributed by atoms with Crippen LogP contribution in [0.1, 0.15) is 19.8 Å². The molecule has 1 heterocycles. The van der Waals surface area contributed by atoms with Crippen LogP contribution in [0.2, 0.25) is 0 Å². The van der Waals surface area contributed by atoms with Crippen molar-refractivity contribution in [2.45, 2.75) is 25.9 Å². The first-order chi connectivity index (χ1) is 7.75. The van der Waals surface area contributed by atoms with E-state index in [0.717, 1.165) is 31.7 Å². The normalized spacial score (nSPS) is 19.4. The maximum atomic E-state index is 12.7. The van der Waals surface area contributed by atoms with Gasteiger partial charge >= 0.3 is 0 Å². The zero-order valence-electron chi connectivity index (χ0n) is 9.58. The third-order valence-corrected chi connectivity index (χ3v) is 3.18. The van der Waals surface area contributed by atoms with Crippen LogP contribution < -0.4 is 10.1 Å². The molecular weight excluding hydrogens is 205 g/mol. The maximum absolute atomic E-state index is 12.7. The van der Waals surface area contributed by atoms with Crippen molar-refractivity contribution in [2.75, 3.05) is 13.1 Å². The van der Waals surface area contributed by atoms with Crippen LogP contribution in [-0.2, 0) is 0 Å². The molecule has 1 aliphatic rings. The van der Waals surface area contributed by atoms with E-state index in [1.807, 2.05) is 0 Å². The van der Waals surface area contributed by atoms with Crippen molar-refractivity contribution in [1.29, 1.82) is 0 Å². The van der Waals surface area contributed by atoms with Crippen molar-refractivity contribution in [3.63, 3.8) is 0 Å². The van der Waals surface area contributed by atoms with Crippen molar-refractivity contribution in [1.82, 2.24) is 5.32 Å². The largest absolute Gasteiger partial charge is 0.490 e. The lowest BCUT2D eigenvalue weighted by Gasteiger charge is -2.28. The summed E-state index contributed by atoms with van der Waals surface area (Å²) in [5, 5.41) is 3.34. The molecule has 3 heteroatoms. The van der Waals surface area contributed by atoms with Crippen LogP contribution in [0.3, 0.4) is 0 Å². The first-order valence-corrected chi connectivity index (χ1v) is 5.88. The summed E-state index contributed by atoms with van der Waals surface area (Å²) in [5.74, 6) is 1.14. The quantitative estimate of drug-likeness (QED) is 0.850. The molecule has 0 spiro atoms. The van der Waals surface area contributed by atoms with Gasteiger partial charge in [0.1, 0.15) is 11.6 Å². The molecule has 0 saturated carbocycles. The molecule has 0 aliphatic carbocycles. The Kier molecular flexibility index (Phi) is 3.78. The van der Waals surface area contributed by atoms with Crippen LogP contribution in [-0.4, -0.2) is 19.2 Å². The summed E-state index contributed by atoms with van der Waals surface area (Å²) in [6.07, 6.45) is 2.51. The molecule has 0 amide bonds. The van der Waals surface area contributed by atoms with Gasteiger partial charge in [-0.2, -0.15) is 0 Å². The summed E-state index contributed by atoms with van der Waals surface area (Å²) in [7, 11) is 0. The Morgan fingerprint density at radius 3 is 2.50 bits per heavy atom. The second-order valence-corrected chi connectivity index (χ2v) is 4.36. The van der Waals surface area contributed by atoms with Crippen LogP contribution >= 0.6 is 0 Å². The van der Waals surface area contributed by atoms with E-state index < -0.39 is 0 Å². The molecule has 88 valence electrons. The van der Waals surface area contributed by atoms with Crippen LogP contribution in [0.25, 0.3) is 0 Å². The number of ether oxygens (including phenoxy) is 1. The van der Waals surface area contributed by atoms with Crippen molar-refractivity contribution in [2.24, 2.45) is 5.92 Å². The Balaban J connectivity index is 1.90. The van der Waals surface area contributed by atoms with E-state index in [4.69, 9.17) is 4.74 Å². The predicted octanol–water partition coefficient (Wildman–Crippen LogP) is 2.59. The van der Waals surface area contributed by atoms with Gasteiger partial charge in [0.05, 0.1) is 6.10 Å². The summed E-state index contributed by atoms with van der Waals surface area (Å²) < 4.78 is 18.5. The van der Waals surface area contributed by atoms with Crippen molar-refractivity contribution in [3.8, 4) is 5.75 Å². The average molecular weight is 223 g/mol. The maximum Gasteiger partial charge on any atom is 0.123 e. The third-order valence-electron chi connectivity index (χ3n) is 3.18. The summed E-state index contributed by atoms with van der Waals surface area (Å²) in [5.41, 5.74) is 0. The molecule has 1 aromatic carbocycles. The third kappa shape index (κ3) is 2.95. The highest BCUT2D eigenvalue weighted by Gasteiger charge is 2.21. The first kappa shape index (κ1) is 11.4. The molecule has 0 aromatic heterocycles. The molecule has 1 N–H and O–H groups in total. The molecule has 1 atom stereocenters.